The maximum atomic E-state index is 8.68. The fraction of sp³-hybridized carbons (Fsp3) is 0.600. The van der Waals surface area contributed by atoms with Crippen LogP contribution in [0, 0.1) is 13.8 Å². The Morgan fingerprint density at radius 1 is 1.17 bits per heavy atom. The zero-order valence-electron chi connectivity index (χ0n) is 11.7. The van der Waals surface area contributed by atoms with E-state index in [-0.39, 0.29) is 0 Å². The summed E-state index contributed by atoms with van der Waals surface area (Å²) in [5, 5.41) is 12.2. The van der Waals surface area contributed by atoms with Crippen molar-refractivity contribution >= 4 is 11.8 Å². The summed E-state index contributed by atoms with van der Waals surface area (Å²) in [6, 6.07) is 7.12. The van der Waals surface area contributed by atoms with Crippen LogP contribution in [0.4, 0.5) is 0 Å². The summed E-state index contributed by atoms with van der Waals surface area (Å²) in [6.45, 7) is 7.83. The van der Waals surface area contributed by atoms with Gasteiger partial charge in [-0.05, 0) is 38.5 Å². The Morgan fingerprint density at radius 2 is 1.83 bits per heavy atom. The van der Waals surface area contributed by atoms with Crippen molar-refractivity contribution in [3.63, 3.8) is 0 Å². The van der Waals surface area contributed by atoms with Crippen molar-refractivity contribution in [3.8, 4) is 0 Å². The molecule has 18 heavy (non-hydrogen) atoms. The first-order chi connectivity index (χ1) is 8.63. The van der Waals surface area contributed by atoms with Crippen molar-refractivity contribution in [2.24, 2.45) is 0 Å². The van der Waals surface area contributed by atoms with E-state index in [4.69, 9.17) is 5.11 Å². The maximum Gasteiger partial charge on any atom is 0.0438 e. The second-order valence-corrected chi connectivity index (χ2v) is 6.01. The number of nitrogens with one attached hydrogen (secondary N) is 1. The molecular formula is C15H25NOS. The molecule has 0 radical (unpaired) electrons. The molecule has 0 heterocycles. The molecule has 1 aromatic rings. The lowest BCUT2D eigenvalue weighted by molar-refractivity contribution is 0.296. The highest BCUT2D eigenvalue weighted by Gasteiger charge is 2.05. The minimum Gasteiger partial charge on any atom is -0.396 e. The Labute approximate surface area is 115 Å². The molecule has 1 unspecified atom stereocenters. The van der Waals surface area contributed by atoms with Gasteiger partial charge in [0.15, 0.2) is 0 Å². The smallest absolute Gasteiger partial charge is 0.0438 e. The van der Waals surface area contributed by atoms with Gasteiger partial charge in [-0.1, -0.05) is 29.3 Å². The first-order valence-corrected chi connectivity index (χ1v) is 7.79. The van der Waals surface area contributed by atoms with Crippen LogP contribution in [0.15, 0.2) is 18.2 Å². The van der Waals surface area contributed by atoms with Crippen molar-refractivity contribution in [2.75, 3.05) is 24.7 Å². The summed E-state index contributed by atoms with van der Waals surface area (Å²) in [7, 11) is 0. The van der Waals surface area contributed by atoms with Crippen molar-refractivity contribution < 1.29 is 5.11 Å². The van der Waals surface area contributed by atoms with E-state index in [1.165, 1.54) is 16.7 Å². The standard InChI is InChI=1S/C15H25NOS/c1-12-9-13(2)11-15(10-12)14(3)16-5-8-18-7-4-6-17/h9-11,14,16-17H,4-8H2,1-3H3. The SMILES string of the molecule is Cc1cc(C)cc(C(C)NCCSCCCO)c1. The van der Waals surface area contributed by atoms with Crippen molar-refractivity contribution in [1.82, 2.24) is 5.32 Å². The van der Waals surface area contributed by atoms with E-state index in [1.807, 2.05) is 11.8 Å². The van der Waals surface area contributed by atoms with Crippen molar-refractivity contribution in [1.29, 1.82) is 0 Å². The molecule has 0 saturated heterocycles. The highest BCUT2D eigenvalue weighted by molar-refractivity contribution is 7.99. The third-order valence-corrected chi connectivity index (χ3v) is 3.96. The number of aryl methyl sites for hydroxylation is 2. The molecule has 0 amide bonds. The molecule has 0 aromatic heterocycles. The third kappa shape index (κ3) is 5.89. The van der Waals surface area contributed by atoms with E-state index in [1.54, 1.807) is 0 Å². The zero-order valence-corrected chi connectivity index (χ0v) is 12.5. The Morgan fingerprint density at radius 3 is 2.44 bits per heavy atom. The van der Waals surface area contributed by atoms with E-state index >= 15 is 0 Å². The number of aliphatic hydroxyl groups is 1. The predicted molar refractivity (Wildman–Crippen MR) is 81.4 cm³/mol. The Hall–Kier alpha value is -0.510. The van der Waals surface area contributed by atoms with E-state index in [2.05, 4.69) is 44.3 Å². The molecule has 1 atom stereocenters. The van der Waals surface area contributed by atoms with Gasteiger partial charge in [0.2, 0.25) is 0 Å². The number of benzene rings is 1. The molecule has 2 N–H and O–H groups in total. The summed E-state index contributed by atoms with van der Waals surface area (Å²) in [5.41, 5.74) is 4.03. The number of aliphatic hydroxyl groups excluding tert-OH is 1. The van der Waals surface area contributed by atoms with Gasteiger partial charge in [-0.25, -0.2) is 0 Å². The minimum absolute atomic E-state index is 0.305. The van der Waals surface area contributed by atoms with Gasteiger partial charge < -0.3 is 10.4 Å². The lowest BCUT2D eigenvalue weighted by Crippen LogP contribution is -2.21. The molecule has 102 valence electrons. The van der Waals surface area contributed by atoms with Crippen LogP contribution in [0.1, 0.15) is 36.1 Å². The highest BCUT2D eigenvalue weighted by atomic mass is 32.2. The van der Waals surface area contributed by atoms with Crippen LogP contribution >= 0.6 is 11.8 Å². The molecule has 0 aliphatic heterocycles. The molecule has 0 bridgehead atoms. The number of thioether (sulfide) groups is 1. The van der Waals surface area contributed by atoms with E-state index < -0.39 is 0 Å². The molecule has 1 rings (SSSR count). The summed E-state index contributed by atoms with van der Waals surface area (Å²) < 4.78 is 0. The number of rotatable bonds is 8. The van der Waals surface area contributed by atoms with Gasteiger partial charge in [0.05, 0.1) is 0 Å². The third-order valence-electron chi connectivity index (χ3n) is 2.89. The van der Waals surface area contributed by atoms with Gasteiger partial charge in [-0.2, -0.15) is 11.8 Å². The van der Waals surface area contributed by atoms with Crippen LogP contribution < -0.4 is 5.32 Å². The molecule has 0 aliphatic rings. The van der Waals surface area contributed by atoms with Gasteiger partial charge in [0, 0.05) is 24.9 Å². The first-order valence-electron chi connectivity index (χ1n) is 6.63. The van der Waals surface area contributed by atoms with E-state index in [0.717, 1.165) is 24.5 Å². The zero-order chi connectivity index (χ0) is 13.4. The molecule has 0 saturated carbocycles. The lowest BCUT2D eigenvalue weighted by atomic mass is 10.0. The second kappa shape index (κ2) is 8.57. The van der Waals surface area contributed by atoms with Gasteiger partial charge in [-0.15, -0.1) is 0 Å². The number of hydrogen-bond acceptors (Lipinski definition) is 3. The van der Waals surface area contributed by atoms with Gasteiger partial charge in [-0.3, -0.25) is 0 Å². The fourth-order valence-electron chi connectivity index (χ4n) is 1.99. The lowest BCUT2D eigenvalue weighted by Gasteiger charge is -2.15. The predicted octanol–water partition coefficient (Wildman–Crippen LogP) is 3.07. The average Bonchev–Trinajstić information content (AvgIpc) is 2.32. The van der Waals surface area contributed by atoms with Crippen LogP contribution in [-0.4, -0.2) is 29.8 Å². The van der Waals surface area contributed by atoms with Gasteiger partial charge >= 0.3 is 0 Å². The quantitative estimate of drug-likeness (QED) is 0.710. The number of hydrogen-bond donors (Lipinski definition) is 2. The molecule has 3 heteroatoms. The van der Waals surface area contributed by atoms with E-state index in [9.17, 15) is 0 Å². The monoisotopic (exact) mass is 267 g/mol. The molecule has 1 aromatic carbocycles. The largest absolute Gasteiger partial charge is 0.396 e. The molecule has 0 spiro atoms. The van der Waals surface area contributed by atoms with Crippen LogP contribution in [0.2, 0.25) is 0 Å². The van der Waals surface area contributed by atoms with Crippen LogP contribution in [0.25, 0.3) is 0 Å². The van der Waals surface area contributed by atoms with Crippen LogP contribution in [0.3, 0.4) is 0 Å². The van der Waals surface area contributed by atoms with Gasteiger partial charge in [0.25, 0.3) is 0 Å². The Bertz CT molecular complexity index is 334. The van der Waals surface area contributed by atoms with Crippen LogP contribution in [-0.2, 0) is 0 Å². The molecule has 0 fully saturated rings. The Kier molecular flexibility index (Phi) is 7.40. The van der Waals surface area contributed by atoms with Crippen LogP contribution in [0.5, 0.6) is 0 Å². The second-order valence-electron chi connectivity index (χ2n) is 4.79. The minimum atomic E-state index is 0.305. The fourth-order valence-corrected chi connectivity index (χ4v) is 2.79. The normalized spacial score (nSPS) is 12.7. The molecular weight excluding hydrogens is 242 g/mol. The Balaban J connectivity index is 2.29. The van der Waals surface area contributed by atoms with E-state index in [0.29, 0.717) is 12.6 Å². The van der Waals surface area contributed by atoms with Gasteiger partial charge in [0.1, 0.15) is 0 Å². The first kappa shape index (κ1) is 15.5. The van der Waals surface area contributed by atoms with Crippen molar-refractivity contribution in [3.05, 3.63) is 34.9 Å². The summed E-state index contributed by atoms with van der Waals surface area (Å²) >= 11 is 1.90. The highest BCUT2D eigenvalue weighted by Crippen LogP contribution is 2.16. The topological polar surface area (TPSA) is 32.3 Å². The molecule has 2 nitrogen and oxygen atoms in total. The molecule has 0 aliphatic carbocycles. The summed E-state index contributed by atoms with van der Waals surface area (Å²) in [4.78, 5) is 0. The van der Waals surface area contributed by atoms with Crippen molar-refractivity contribution in [2.45, 2.75) is 33.2 Å². The summed E-state index contributed by atoms with van der Waals surface area (Å²) in [6.07, 6.45) is 0.900. The maximum absolute atomic E-state index is 8.68. The average molecular weight is 267 g/mol. The summed E-state index contributed by atoms with van der Waals surface area (Å²) in [5.74, 6) is 2.16.